The topological polar surface area (TPSA) is 204 Å². The summed E-state index contributed by atoms with van der Waals surface area (Å²) in [6, 6.07) is 5.57. The van der Waals surface area contributed by atoms with Crippen LogP contribution in [0, 0.1) is 0 Å². The molecule has 0 spiro atoms. The fourth-order valence-electron chi connectivity index (χ4n) is 3.90. The van der Waals surface area contributed by atoms with Crippen molar-refractivity contribution in [1.82, 2.24) is 10.6 Å². The van der Waals surface area contributed by atoms with Gasteiger partial charge in [-0.15, -0.1) is 24.8 Å². The molecule has 1 aliphatic rings. The average molecular weight is 577 g/mol. The van der Waals surface area contributed by atoms with Gasteiger partial charge in [0.15, 0.2) is 0 Å². The van der Waals surface area contributed by atoms with Gasteiger partial charge in [0.25, 0.3) is 0 Å². The molecule has 38 heavy (non-hydrogen) atoms. The van der Waals surface area contributed by atoms with Crippen molar-refractivity contribution in [3.8, 4) is 11.5 Å². The monoisotopic (exact) mass is 576 g/mol. The van der Waals surface area contributed by atoms with E-state index in [0.29, 0.717) is 37.6 Å². The molecule has 14 heteroatoms. The molecule has 2 unspecified atom stereocenters. The number of benzene rings is 2. The molecule has 0 bridgehead atoms. The largest absolute Gasteiger partial charge is 0.507 e. The second-order valence-electron chi connectivity index (χ2n) is 8.36. The number of anilines is 2. The number of halogens is 2. The van der Waals surface area contributed by atoms with Gasteiger partial charge in [-0.3, -0.25) is 9.59 Å². The van der Waals surface area contributed by atoms with Gasteiger partial charge in [-0.25, -0.2) is 0 Å². The molecule has 0 aromatic heterocycles. The summed E-state index contributed by atoms with van der Waals surface area (Å²) in [6.07, 6.45) is -1.79. The van der Waals surface area contributed by atoms with Crippen LogP contribution in [0.25, 0.3) is 0 Å². The third-order valence-corrected chi connectivity index (χ3v) is 5.69. The summed E-state index contributed by atoms with van der Waals surface area (Å²) < 4.78 is 0. The predicted molar refractivity (Wildman–Crippen MR) is 146 cm³/mol. The lowest BCUT2D eigenvalue weighted by molar-refractivity contribution is 0.0948. The predicted octanol–water partition coefficient (Wildman–Crippen LogP) is -0.574. The first-order valence-electron chi connectivity index (χ1n) is 11.6. The highest BCUT2D eigenvalue weighted by atomic mass is 35.5. The Labute approximate surface area is 231 Å². The van der Waals surface area contributed by atoms with Gasteiger partial charge in [-0.2, -0.15) is 0 Å². The molecule has 0 amide bonds. The summed E-state index contributed by atoms with van der Waals surface area (Å²) in [5, 5.41) is 69.3. The lowest BCUT2D eigenvalue weighted by atomic mass is 9.81. The fraction of sp³-hybridized carbons (Fsp3) is 0.417. The summed E-state index contributed by atoms with van der Waals surface area (Å²) in [7, 11) is 0. The van der Waals surface area contributed by atoms with Gasteiger partial charge >= 0.3 is 0 Å². The number of carbonyl (C=O) groups is 2. The van der Waals surface area contributed by atoms with E-state index < -0.39 is 35.3 Å². The summed E-state index contributed by atoms with van der Waals surface area (Å²) in [5.41, 5.74) is 0.287. The molecule has 0 fully saturated rings. The average Bonchev–Trinajstić information content (AvgIpc) is 2.87. The summed E-state index contributed by atoms with van der Waals surface area (Å²) in [4.78, 5) is 26.9. The number of rotatable bonds is 14. The molecule has 2 aromatic rings. The van der Waals surface area contributed by atoms with E-state index in [9.17, 15) is 30.0 Å². The zero-order valence-corrected chi connectivity index (χ0v) is 22.1. The maximum absolute atomic E-state index is 13.5. The van der Waals surface area contributed by atoms with Crippen LogP contribution in [0.5, 0.6) is 11.5 Å². The molecule has 212 valence electrons. The van der Waals surface area contributed by atoms with Crippen LogP contribution < -0.4 is 21.3 Å². The van der Waals surface area contributed by atoms with Crippen LogP contribution in [0.3, 0.4) is 0 Å². The molecular formula is C24H34Cl2N4O8. The van der Waals surface area contributed by atoms with Crippen LogP contribution >= 0.6 is 24.8 Å². The van der Waals surface area contributed by atoms with Gasteiger partial charge < -0.3 is 51.9 Å². The maximum Gasteiger partial charge on any atom is 0.200 e. The third kappa shape index (κ3) is 7.68. The molecule has 0 saturated heterocycles. The Bertz CT molecular complexity index is 1020. The molecule has 2 atom stereocenters. The summed E-state index contributed by atoms with van der Waals surface area (Å²) in [5.74, 6) is -2.07. The van der Waals surface area contributed by atoms with Crippen molar-refractivity contribution in [2.75, 3.05) is 63.1 Å². The fourth-order valence-corrected chi connectivity index (χ4v) is 3.90. The number of hydrogen-bond acceptors (Lipinski definition) is 12. The lowest BCUT2D eigenvalue weighted by Gasteiger charge is -2.25. The minimum Gasteiger partial charge on any atom is -0.507 e. The minimum absolute atomic E-state index is 0. The van der Waals surface area contributed by atoms with E-state index in [4.69, 9.17) is 10.2 Å². The highest BCUT2D eigenvalue weighted by Gasteiger charge is 2.37. The zero-order chi connectivity index (χ0) is 26.2. The molecule has 2 aromatic carbocycles. The number of aromatic hydroxyl groups is 2. The van der Waals surface area contributed by atoms with Crippen molar-refractivity contribution in [1.29, 1.82) is 0 Å². The Morgan fingerprint density at radius 3 is 1.32 bits per heavy atom. The second-order valence-corrected chi connectivity index (χ2v) is 8.36. The highest BCUT2D eigenvalue weighted by Crippen LogP contribution is 2.42. The molecule has 3 rings (SSSR count). The van der Waals surface area contributed by atoms with Gasteiger partial charge in [-0.05, 0) is 24.3 Å². The first-order valence-corrected chi connectivity index (χ1v) is 11.6. The minimum atomic E-state index is -0.893. The van der Waals surface area contributed by atoms with E-state index in [1.807, 2.05) is 0 Å². The standard InChI is InChI=1S/C24H32N4O8.2ClH/c29-11-13(31)9-25-5-7-27-15-1-2-16(28-8-6-26-10-14(32)12-30)20-19(15)23(35)21-17(33)3-4-18(34)22(21)24(20)36;;/h1-4,13-14,25-34H,5-12H2;2*1H. The van der Waals surface area contributed by atoms with Crippen molar-refractivity contribution in [2.24, 2.45) is 0 Å². The van der Waals surface area contributed by atoms with Crippen molar-refractivity contribution in [3.63, 3.8) is 0 Å². The number of carbonyl (C=O) groups excluding carboxylic acids is 2. The van der Waals surface area contributed by atoms with E-state index in [1.54, 1.807) is 12.1 Å². The molecular weight excluding hydrogens is 543 g/mol. The van der Waals surface area contributed by atoms with Crippen LogP contribution in [0.2, 0.25) is 0 Å². The molecule has 0 radical (unpaired) electrons. The van der Waals surface area contributed by atoms with E-state index in [1.165, 1.54) is 0 Å². The van der Waals surface area contributed by atoms with E-state index in [2.05, 4.69) is 21.3 Å². The number of aliphatic hydroxyl groups is 4. The molecule has 0 saturated carbocycles. The van der Waals surface area contributed by atoms with Gasteiger partial charge in [0, 0.05) is 50.6 Å². The van der Waals surface area contributed by atoms with Crippen LogP contribution in [0.4, 0.5) is 11.4 Å². The Kier molecular flexibility index (Phi) is 13.7. The number of phenols is 2. The third-order valence-electron chi connectivity index (χ3n) is 5.69. The quantitative estimate of drug-likeness (QED) is 0.0864. The Balaban J connectivity index is 0.00000361. The molecule has 0 aliphatic heterocycles. The van der Waals surface area contributed by atoms with E-state index >= 15 is 0 Å². The van der Waals surface area contributed by atoms with Crippen LogP contribution in [0.15, 0.2) is 24.3 Å². The molecule has 0 heterocycles. The smallest absolute Gasteiger partial charge is 0.200 e. The highest BCUT2D eigenvalue weighted by molar-refractivity contribution is 6.33. The number of nitrogens with one attached hydrogen (secondary N) is 4. The Morgan fingerprint density at radius 2 is 0.974 bits per heavy atom. The SMILES string of the molecule is Cl.Cl.O=C1c2c(O)ccc(O)c2C(=O)c2c(NCCNCC(O)CO)ccc(NCCNCC(O)CO)c21. The number of aliphatic hydroxyl groups excluding tert-OH is 4. The number of ketones is 2. The van der Waals surface area contributed by atoms with Gasteiger partial charge in [0.2, 0.25) is 11.6 Å². The number of hydrogen-bond donors (Lipinski definition) is 10. The molecule has 1 aliphatic carbocycles. The van der Waals surface area contributed by atoms with Crippen LogP contribution in [0.1, 0.15) is 31.8 Å². The first-order chi connectivity index (χ1) is 17.3. The summed E-state index contributed by atoms with van der Waals surface area (Å²) >= 11 is 0. The molecule has 10 N–H and O–H groups in total. The number of fused-ring (bicyclic) bond motifs is 2. The number of phenolic OH excluding ortho intramolecular Hbond substituents is 2. The van der Waals surface area contributed by atoms with Gasteiger partial charge in [0.1, 0.15) is 11.5 Å². The zero-order valence-electron chi connectivity index (χ0n) is 20.4. The van der Waals surface area contributed by atoms with Gasteiger partial charge in [-0.1, -0.05) is 0 Å². The van der Waals surface area contributed by atoms with Crippen LogP contribution in [-0.4, -0.2) is 107 Å². The Hall–Kier alpha value is -2.68. The van der Waals surface area contributed by atoms with Crippen molar-refractivity contribution in [2.45, 2.75) is 12.2 Å². The lowest BCUT2D eigenvalue weighted by Crippen LogP contribution is -2.33. The second kappa shape index (κ2) is 15.7. The van der Waals surface area contributed by atoms with E-state index in [-0.39, 0.29) is 73.4 Å². The summed E-state index contributed by atoms with van der Waals surface area (Å²) in [6.45, 7) is 1.06. The van der Waals surface area contributed by atoms with Gasteiger partial charge in [0.05, 0.1) is 47.7 Å². The van der Waals surface area contributed by atoms with Crippen molar-refractivity contribution < 1.29 is 40.2 Å². The van der Waals surface area contributed by atoms with Crippen molar-refractivity contribution in [3.05, 3.63) is 46.5 Å². The molecule has 12 nitrogen and oxygen atoms in total. The van der Waals surface area contributed by atoms with Crippen molar-refractivity contribution >= 4 is 47.8 Å². The van der Waals surface area contributed by atoms with E-state index in [0.717, 1.165) is 12.1 Å². The Morgan fingerprint density at radius 1 is 0.605 bits per heavy atom. The normalized spacial score (nSPS) is 13.5. The van der Waals surface area contributed by atoms with Crippen LogP contribution in [-0.2, 0) is 0 Å². The maximum atomic E-state index is 13.5. The first kappa shape index (κ1) is 33.3.